The van der Waals surface area contributed by atoms with Crippen molar-refractivity contribution in [3.05, 3.63) is 18.0 Å². The number of carbonyl (C=O) groups excluding carboxylic acids is 1. The van der Waals surface area contributed by atoms with E-state index >= 15 is 0 Å². The molecule has 1 amide bonds. The number of hydrogen-bond acceptors (Lipinski definition) is 6. The molecular formula is C19H33N5O4S. The summed E-state index contributed by atoms with van der Waals surface area (Å²) in [5, 5.41) is 7.23. The summed E-state index contributed by atoms with van der Waals surface area (Å²) >= 11 is 0. The van der Waals surface area contributed by atoms with Gasteiger partial charge in [-0.2, -0.15) is 5.10 Å². The van der Waals surface area contributed by atoms with Crippen LogP contribution in [0.2, 0.25) is 0 Å². The van der Waals surface area contributed by atoms with Gasteiger partial charge in [-0.3, -0.25) is 14.4 Å². The number of nitrogens with zero attached hydrogens (tertiary/aromatic N) is 4. The maximum atomic E-state index is 12.4. The third-order valence-corrected chi connectivity index (χ3v) is 7.18. The number of amides is 1. The number of nitrogens with one attached hydrogen (secondary N) is 1. The molecule has 0 saturated carbocycles. The number of ether oxygens (including phenoxy) is 1. The van der Waals surface area contributed by atoms with Gasteiger partial charge in [0.05, 0.1) is 6.26 Å². The molecule has 1 aromatic rings. The molecule has 9 nitrogen and oxygen atoms in total. The van der Waals surface area contributed by atoms with Crippen molar-refractivity contribution >= 4 is 15.9 Å². The zero-order valence-electron chi connectivity index (χ0n) is 17.4. The maximum Gasteiger partial charge on any atom is 0.271 e. The largest absolute Gasteiger partial charge is 0.381 e. The number of carbonyl (C=O) groups is 1. The lowest BCUT2D eigenvalue weighted by Crippen LogP contribution is -2.53. The Balaban J connectivity index is 1.56. The summed E-state index contributed by atoms with van der Waals surface area (Å²) < 4.78 is 32.4. The fraction of sp³-hybridized carbons (Fsp3) is 0.789. The molecule has 0 aromatic carbocycles. The van der Waals surface area contributed by atoms with Crippen molar-refractivity contribution in [1.82, 2.24) is 24.3 Å². The summed E-state index contributed by atoms with van der Waals surface area (Å²) in [6, 6.07) is 2.47. The van der Waals surface area contributed by atoms with Crippen LogP contribution >= 0.6 is 0 Å². The van der Waals surface area contributed by atoms with Gasteiger partial charge in [0.15, 0.2) is 0 Å². The van der Waals surface area contributed by atoms with Gasteiger partial charge in [0.25, 0.3) is 5.91 Å². The molecule has 2 aliphatic heterocycles. The molecule has 0 atom stereocenters. The minimum Gasteiger partial charge on any atom is -0.381 e. The minimum absolute atomic E-state index is 0.156. The summed E-state index contributed by atoms with van der Waals surface area (Å²) in [5.74, 6) is -0.156. The number of aryl methyl sites for hydroxylation is 1. The molecule has 2 fully saturated rings. The zero-order valence-corrected chi connectivity index (χ0v) is 18.2. The quantitative estimate of drug-likeness (QED) is 0.650. The zero-order chi connectivity index (χ0) is 20.9. The molecule has 0 radical (unpaired) electrons. The molecule has 0 unspecified atom stereocenters. The minimum atomic E-state index is -3.13. The van der Waals surface area contributed by atoms with E-state index in [-0.39, 0.29) is 5.91 Å². The Kier molecular flexibility index (Phi) is 7.66. The van der Waals surface area contributed by atoms with E-state index < -0.39 is 10.0 Å². The number of hydrogen-bond donors (Lipinski definition) is 1. The normalized spacial score (nSPS) is 20.2. The van der Waals surface area contributed by atoms with Crippen LogP contribution in [0.15, 0.2) is 12.3 Å². The molecule has 29 heavy (non-hydrogen) atoms. The van der Waals surface area contributed by atoms with Crippen LogP contribution in [0.5, 0.6) is 0 Å². The van der Waals surface area contributed by atoms with Crippen molar-refractivity contribution in [1.29, 1.82) is 0 Å². The monoisotopic (exact) mass is 427 g/mol. The van der Waals surface area contributed by atoms with Crippen LogP contribution in [0.25, 0.3) is 0 Å². The highest BCUT2D eigenvalue weighted by Gasteiger charge is 2.32. The van der Waals surface area contributed by atoms with Crippen LogP contribution in [0.3, 0.4) is 0 Å². The topological polar surface area (TPSA) is 96.8 Å². The van der Waals surface area contributed by atoms with Gasteiger partial charge in [-0.15, -0.1) is 0 Å². The molecule has 164 valence electrons. The summed E-state index contributed by atoms with van der Waals surface area (Å²) in [6.45, 7) is 6.63. The number of rotatable bonds is 8. The Morgan fingerprint density at radius 1 is 1.24 bits per heavy atom. The highest BCUT2D eigenvalue weighted by molar-refractivity contribution is 7.88. The fourth-order valence-electron chi connectivity index (χ4n) is 4.23. The predicted molar refractivity (Wildman–Crippen MR) is 110 cm³/mol. The van der Waals surface area contributed by atoms with Crippen LogP contribution in [0, 0.1) is 0 Å². The van der Waals surface area contributed by atoms with Crippen molar-refractivity contribution in [3.8, 4) is 0 Å². The first kappa shape index (κ1) is 22.2. The Labute approximate surface area is 173 Å². The second-order valence-electron chi connectivity index (χ2n) is 7.79. The van der Waals surface area contributed by atoms with E-state index in [1.807, 2.05) is 6.92 Å². The molecule has 3 rings (SSSR count). The van der Waals surface area contributed by atoms with Gasteiger partial charge in [-0.25, -0.2) is 12.7 Å². The van der Waals surface area contributed by atoms with Gasteiger partial charge in [-0.1, -0.05) is 0 Å². The van der Waals surface area contributed by atoms with E-state index in [2.05, 4.69) is 15.3 Å². The summed E-state index contributed by atoms with van der Waals surface area (Å²) in [5.41, 5.74) is 0.436. The van der Waals surface area contributed by atoms with E-state index in [9.17, 15) is 13.2 Å². The third kappa shape index (κ3) is 6.00. The summed E-state index contributed by atoms with van der Waals surface area (Å²) in [4.78, 5) is 14.8. The molecule has 1 N–H and O–H groups in total. The highest BCUT2D eigenvalue weighted by Crippen LogP contribution is 2.24. The molecule has 1 aromatic heterocycles. The molecule has 0 spiro atoms. The van der Waals surface area contributed by atoms with Crippen LogP contribution in [-0.4, -0.2) is 91.0 Å². The SMILES string of the molecule is CCn1ccc(C(=O)NCCN(C2CCOCC2)C2CCN(S(C)(=O)=O)CC2)n1. The van der Waals surface area contributed by atoms with Gasteiger partial charge in [-0.05, 0) is 38.7 Å². The first-order chi connectivity index (χ1) is 13.9. The standard InChI is InChI=1S/C19H33N5O4S/c1-3-22-10-6-18(21-22)19(25)20-9-13-24(17-7-14-28-15-8-17)16-4-11-23(12-5-16)29(2,26)27/h6,10,16-17H,3-5,7-9,11-15H2,1-2H3,(H,20,25). The number of aromatic nitrogens is 2. The molecule has 0 aliphatic carbocycles. The maximum absolute atomic E-state index is 12.4. The van der Waals surface area contributed by atoms with E-state index in [0.717, 1.165) is 52.0 Å². The highest BCUT2D eigenvalue weighted by atomic mass is 32.2. The van der Waals surface area contributed by atoms with Crippen LogP contribution in [0.1, 0.15) is 43.1 Å². The van der Waals surface area contributed by atoms with E-state index in [0.29, 0.717) is 37.4 Å². The van der Waals surface area contributed by atoms with Crippen LogP contribution < -0.4 is 5.32 Å². The third-order valence-electron chi connectivity index (χ3n) is 5.87. The van der Waals surface area contributed by atoms with Gasteiger partial charge < -0.3 is 10.1 Å². The van der Waals surface area contributed by atoms with Crippen LogP contribution in [-0.2, 0) is 21.3 Å². The van der Waals surface area contributed by atoms with E-state index in [1.165, 1.54) is 6.26 Å². The van der Waals surface area contributed by atoms with Gasteiger partial charge in [0, 0.05) is 64.2 Å². The van der Waals surface area contributed by atoms with Crippen molar-refractivity contribution in [2.45, 2.75) is 51.2 Å². The summed E-state index contributed by atoms with van der Waals surface area (Å²) in [6.07, 6.45) is 6.67. The molecule has 3 heterocycles. The molecule has 10 heteroatoms. The average molecular weight is 428 g/mol. The molecular weight excluding hydrogens is 394 g/mol. The first-order valence-corrected chi connectivity index (χ1v) is 12.3. The summed E-state index contributed by atoms with van der Waals surface area (Å²) in [7, 11) is -3.13. The lowest BCUT2D eigenvalue weighted by Gasteiger charge is -2.43. The molecule has 2 saturated heterocycles. The van der Waals surface area contributed by atoms with Crippen molar-refractivity contribution in [3.63, 3.8) is 0 Å². The lowest BCUT2D eigenvalue weighted by atomic mass is 9.98. The van der Waals surface area contributed by atoms with Crippen molar-refractivity contribution in [2.24, 2.45) is 0 Å². The Morgan fingerprint density at radius 2 is 1.90 bits per heavy atom. The van der Waals surface area contributed by atoms with Crippen molar-refractivity contribution < 1.29 is 17.9 Å². The average Bonchev–Trinajstić information content (AvgIpc) is 3.21. The van der Waals surface area contributed by atoms with Crippen LogP contribution in [0.4, 0.5) is 0 Å². The predicted octanol–water partition coefficient (Wildman–Crippen LogP) is 0.538. The van der Waals surface area contributed by atoms with E-state index in [4.69, 9.17) is 4.74 Å². The van der Waals surface area contributed by atoms with Gasteiger partial charge in [0.1, 0.15) is 5.69 Å². The Bertz CT molecular complexity index is 767. The molecule has 2 aliphatic rings. The smallest absolute Gasteiger partial charge is 0.271 e. The van der Waals surface area contributed by atoms with Gasteiger partial charge >= 0.3 is 0 Å². The Morgan fingerprint density at radius 3 is 2.48 bits per heavy atom. The Hall–Kier alpha value is -1.49. The fourth-order valence-corrected chi connectivity index (χ4v) is 5.11. The molecule has 0 bridgehead atoms. The number of piperidine rings is 1. The van der Waals surface area contributed by atoms with Crippen molar-refractivity contribution in [2.75, 3.05) is 45.6 Å². The second-order valence-corrected chi connectivity index (χ2v) is 9.77. The number of sulfonamides is 1. The lowest BCUT2D eigenvalue weighted by molar-refractivity contribution is 0.00747. The van der Waals surface area contributed by atoms with Gasteiger partial charge in [0.2, 0.25) is 10.0 Å². The second kappa shape index (κ2) is 10.0. The first-order valence-electron chi connectivity index (χ1n) is 10.5. The van der Waals surface area contributed by atoms with E-state index in [1.54, 1.807) is 21.3 Å².